The van der Waals surface area contributed by atoms with Crippen LogP contribution in [0.3, 0.4) is 0 Å². The van der Waals surface area contributed by atoms with Crippen LogP contribution in [0.25, 0.3) is 17.1 Å². The standard InChI is InChI=1S/C18H12FN5O2S2/c19-12-5-1-2-6-14(12)24-16(11-4-3-7-20-8-11)22-23-18(24)28-10-15-21-13(9-27-15)17(25)26/h1-9H,10H2,(H,25,26). The quantitative estimate of drug-likeness (QED) is 0.479. The van der Waals surface area contributed by atoms with E-state index in [4.69, 9.17) is 5.11 Å². The Labute approximate surface area is 166 Å². The van der Waals surface area contributed by atoms with Gasteiger partial charge in [0.05, 0.1) is 11.4 Å². The molecule has 0 unspecified atom stereocenters. The highest BCUT2D eigenvalue weighted by Gasteiger charge is 2.19. The Kier molecular flexibility index (Phi) is 5.13. The third-order valence-corrected chi connectivity index (χ3v) is 5.71. The van der Waals surface area contributed by atoms with Gasteiger partial charge < -0.3 is 5.11 Å². The van der Waals surface area contributed by atoms with E-state index in [0.717, 1.165) is 0 Å². The summed E-state index contributed by atoms with van der Waals surface area (Å²) in [5, 5.41) is 20.0. The van der Waals surface area contributed by atoms with Crippen molar-refractivity contribution in [3.63, 3.8) is 0 Å². The van der Waals surface area contributed by atoms with Gasteiger partial charge in [0.2, 0.25) is 0 Å². The second kappa shape index (κ2) is 7.87. The van der Waals surface area contributed by atoms with Gasteiger partial charge in [-0.3, -0.25) is 9.55 Å². The minimum absolute atomic E-state index is 0.00668. The van der Waals surface area contributed by atoms with Crippen LogP contribution in [0, 0.1) is 5.82 Å². The summed E-state index contributed by atoms with van der Waals surface area (Å²) in [7, 11) is 0. The van der Waals surface area contributed by atoms with Crippen molar-refractivity contribution in [1.82, 2.24) is 24.7 Å². The Morgan fingerprint density at radius 2 is 2.07 bits per heavy atom. The highest BCUT2D eigenvalue weighted by atomic mass is 32.2. The highest BCUT2D eigenvalue weighted by Crippen LogP contribution is 2.31. The van der Waals surface area contributed by atoms with Crippen LogP contribution in [0.2, 0.25) is 0 Å². The number of halogens is 1. The number of thioether (sulfide) groups is 1. The van der Waals surface area contributed by atoms with E-state index in [2.05, 4.69) is 20.2 Å². The first-order valence-electron chi connectivity index (χ1n) is 8.04. The van der Waals surface area contributed by atoms with Crippen molar-refractivity contribution in [2.45, 2.75) is 10.9 Å². The third kappa shape index (κ3) is 3.64. The summed E-state index contributed by atoms with van der Waals surface area (Å²) >= 11 is 2.55. The van der Waals surface area contributed by atoms with Crippen LogP contribution in [-0.4, -0.2) is 35.8 Å². The summed E-state index contributed by atoms with van der Waals surface area (Å²) in [6, 6.07) is 9.96. The second-order valence-electron chi connectivity index (χ2n) is 5.56. The smallest absolute Gasteiger partial charge is 0.355 e. The first-order valence-corrected chi connectivity index (χ1v) is 9.91. The number of aromatic carboxylic acids is 1. The predicted octanol–water partition coefficient (Wildman–Crippen LogP) is 3.92. The molecule has 0 aliphatic carbocycles. The number of rotatable bonds is 6. The van der Waals surface area contributed by atoms with Gasteiger partial charge in [0.1, 0.15) is 10.8 Å². The van der Waals surface area contributed by atoms with Crippen molar-refractivity contribution in [3.8, 4) is 17.1 Å². The van der Waals surface area contributed by atoms with Gasteiger partial charge in [-0.05, 0) is 24.3 Å². The Morgan fingerprint density at radius 3 is 2.79 bits per heavy atom. The molecule has 7 nitrogen and oxygen atoms in total. The van der Waals surface area contributed by atoms with Gasteiger partial charge in [0.25, 0.3) is 0 Å². The molecule has 3 heterocycles. The maximum absolute atomic E-state index is 14.5. The number of carboxylic acids is 1. The van der Waals surface area contributed by atoms with Gasteiger partial charge in [-0.15, -0.1) is 21.5 Å². The van der Waals surface area contributed by atoms with Crippen molar-refractivity contribution in [3.05, 3.63) is 70.7 Å². The lowest BCUT2D eigenvalue weighted by Crippen LogP contribution is -2.02. The zero-order chi connectivity index (χ0) is 19.5. The van der Waals surface area contributed by atoms with Gasteiger partial charge in [-0.25, -0.2) is 14.2 Å². The minimum Gasteiger partial charge on any atom is -0.476 e. The zero-order valence-corrected chi connectivity index (χ0v) is 15.8. The summed E-state index contributed by atoms with van der Waals surface area (Å²) in [5.41, 5.74) is 1.03. The number of carboxylic acid groups (broad SMARTS) is 1. The Hall–Kier alpha value is -3.11. The maximum Gasteiger partial charge on any atom is 0.355 e. The molecule has 1 N–H and O–H groups in total. The zero-order valence-electron chi connectivity index (χ0n) is 14.2. The molecule has 0 aliphatic heterocycles. The molecule has 4 aromatic rings. The molecule has 1 aromatic carbocycles. The lowest BCUT2D eigenvalue weighted by atomic mass is 10.2. The average Bonchev–Trinajstić information content (AvgIpc) is 3.35. The number of hydrogen-bond donors (Lipinski definition) is 1. The SMILES string of the molecule is O=C(O)c1csc(CSc2nnc(-c3cccnc3)n2-c2ccccc2F)n1. The Balaban J connectivity index is 1.72. The van der Waals surface area contributed by atoms with E-state index >= 15 is 0 Å². The number of aromatic nitrogens is 5. The van der Waals surface area contributed by atoms with E-state index in [9.17, 15) is 9.18 Å². The molecule has 28 heavy (non-hydrogen) atoms. The Morgan fingerprint density at radius 1 is 1.21 bits per heavy atom. The van der Waals surface area contributed by atoms with E-state index in [0.29, 0.717) is 33.0 Å². The van der Waals surface area contributed by atoms with Crippen LogP contribution in [0.5, 0.6) is 0 Å². The van der Waals surface area contributed by atoms with Crippen molar-refractivity contribution in [1.29, 1.82) is 0 Å². The predicted molar refractivity (Wildman–Crippen MR) is 103 cm³/mol. The van der Waals surface area contributed by atoms with Gasteiger partial charge in [-0.2, -0.15) is 0 Å². The molecule has 0 amide bonds. The number of para-hydroxylation sites is 1. The topological polar surface area (TPSA) is 93.8 Å². The molecule has 0 atom stereocenters. The number of carbonyl (C=O) groups is 1. The molecule has 0 bridgehead atoms. The lowest BCUT2D eigenvalue weighted by molar-refractivity contribution is 0.0691. The molecule has 0 saturated carbocycles. The summed E-state index contributed by atoms with van der Waals surface area (Å²) < 4.78 is 16.1. The molecule has 4 rings (SSSR count). The van der Waals surface area contributed by atoms with Crippen LogP contribution in [-0.2, 0) is 5.75 Å². The molecule has 0 spiro atoms. The monoisotopic (exact) mass is 413 g/mol. The molecule has 0 radical (unpaired) electrons. The molecular formula is C18H12FN5O2S2. The number of thiazole rings is 1. The van der Waals surface area contributed by atoms with E-state index in [-0.39, 0.29) is 5.69 Å². The van der Waals surface area contributed by atoms with Crippen LogP contribution in [0.15, 0.2) is 59.3 Å². The average molecular weight is 413 g/mol. The molecule has 0 aliphatic rings. The summed E-state index contributed by atoms with van der Waals surface area (Å²) in [6.45, 7) is 0. The first-order chi connectivity index (χ1) is 13.6. The number of pyridine rings is 1. The summed E-state index contributed by atoms with van der Waals surface area (Å²) in [5.74, 6) is -0.624. The fourth-order valence-electron chi connectivity index (χ4n) is 2.50. The fraction of sp³-hybridized carbons (Fsp3) is 0.0556. The number of hydrogen-bond acceptors (Lipinski definition) is 7. The van der Waals surface area contributed by atoms with E-state index in [1.54, 1.807) is 41.2 Å². The van der Waals surface area contributed by atoms with Crippen LogP contribution in [0.1, 0.15) is 15.5 Å². The van der Waals surface area contributed by atoms with E-state index in [1.807, 2.05) is 6.07 Å². The number of nitrogens with zero attached hydrogens (tertiary/aromatic N) is 5. The third-order valence-electron chi connectivity index (χ3n) is 3.74. The van der Waals surface area contributed by atoms with Crippen LogP contribution in [0.4, 0.5) is 4.39 Å². The van der Waals surface area contributed by atoms with E-state index < -0.39 is 11.8 Å². The molecular weight excluding hydrogens is 401 g/mol. The van der Waals surface area contributed by atoms with Crippen LogP contribution >= 0.6 is 23.1 Å². The van der Waals surface area contributed by atoms with Crippen molar-refractivity contribution in [2.75, 3.05) is 0 Å². The van der Waals surface area contributed by atoms with E-state index in [1.165, 1.54) is 34.5 Å². The minimum atomic E-state index is -1.07. The molecule has 0 fully saturated rings. The van der Waals surface area contributed by atoms with Crippen molar-refractivity contribution >= 4 is 29.1 Å². The maximum atomic E-state index is 14.5. The van der Waals surface area contributed by atoms with Crippen molar-refractivity contribution in [2.24, 2.45) is 0 Å². The lowest BCUT2D eigenvalue weighted by Gasteiger charge is -2.10. The molecule has 3 aromatic heterocycles. The largest absolute Gasteiger partial charge is 0.476 e. The molecule has 140 valence electrons. The first kappa shape index (κ1) is 18.3. The van der Waals surface area contributed by atoms with Gasteiger partial charge in [0, 0.05) is 23.3 Å². The normalized spacial score (nSPS) is 10.9. The molecule has 10 heteroatoms. The summed E-state index contributed by atoms with van der Waals surface area (Å²) in [4.78, 5) is 19.1. The van der Waals surface area contributed by atoms with Gasteiger partial charge in [0.15, 0.2) is 16.7 Å². The van der Waals surface area contributed by atoms with Gasteiger partial charge in [-0.1, -0.05) is 23.9 Å². The van der Waals surface area contributed by atoms with Crippen LogP contribution < -0.4 is 0 Å². The Bertz CT molecular complexity index is 1130. The number of benzene rings is 1. The van der Waals surface area contributed by atoms with Gasteiger partial charge >= 0.3 is 5.97 Å². The fourth-order valence-corrected chi connectivity index (χ4v) is 4.23. The summed E-state index contributed by atoms with van der Waals surface area (Å²) in [6.07, 6.45) is 3.28. The van der Waals surface area contributed by atoms with Crippen molar-refractivity contribution < 1.29 is 14.3 Å². The second-order valence-corrected chi connectivity index (χ2v) is 7.44. The molecule has 0 saturated heterocycles. The highest BCUT2D eigenvalue weighted by molar-refractivity contribution is 7.98.